The van der Waals surface area contributed by atoms with Gasteiger partial charge in [0.1, 0.15) is 0 Å². The molecule has 2 aliphatic rings. The van der Waals surface area contributed by atoms with E-state index in [4.69, 9.17) is 4.74 Å². The largest absolute Gasteiger partial charge is 0.449 e. The van der Waals surface area contributed by atoms with E-state index in [1.165, 1.54) is 0 Å². The van der Waals surface area contributed by atoms with Crippen LogP contribution in [0.4, 0.5) is 10.5 Å². The van der Waals surface area contributed by atoms with Crippen LogP contribution in [-0.4, -0.2) is 24.3 Å². The molecule has 2 N–H and O–H groups in total. The predicted octanol–water partition coefficient (Wildman–Crippen LogP) is 2.51. The topological polar surface area (TPSA) is 79.8 Å². The van der Waals surface area contributed by atoms with Gasteiger partial charge in [-0.2, -0.15) is 5.10 Å². The van der Waals surface area contributed by atoms with E-state index in [2.05, 4.69) is 22.8 Å². The summed E-state index contributed by atoms with van der Waals surface area (Å²) in [5.74, 6) is 1.13. The maximum Gasteiger partial charge on any atom is 0.411 e. The second-order valence-electron chi connectivity index (χ2n) is 5.87. The zero-order valence-corrected chi connectivity index (χ0v) is 12.5. The zero-order chi connectivity index (χ0) is 15.5. The fourth-order valence-corrected chi connectivity index (χ4v) is 2.40. The van der Waals surface area contributed by atoms with E-state index in [0.29, 0.717) is 37.0 Å². The van der Waals surface area contributed by atoms with Gasteiger partial charge in [-0.15, -0.1) is 0 Å². The third kappa shape index (κ3) is 3.63. The molecule has 2 amide bonds. The number of amides is 2. The number of rotatable bonds is 4. The molecule has 1 aromatic carbocycles. The van der Waals surface area contributed by atoms with Crippen LogP contribution < -0.4 is 10.7 Å². The van der Waals surface area contributed by atoms with Gasteiger partial charge < -0.3 is 4.74 Å². The van der Waals surface area contributed by atoms with Crippen LogP contribution >= 0.6 is 0 Å². The van der Waals surface area contributed by atoms with Crippen LogP contribution in [0, 0.1) is 11.8 Å². The molecule has 0 saturated heterocycles. The number of nitrogens with zero attached hydrogens (tertiary/aromatic N) is 1. The van der Waals surface area contributed by atoms with Gasteiger partial charge in [-0.25, -0.2) is 10.2 Å². The lowest BCUT2D eigenvalue weighted by Crippen LogP contribution is -2.25. The summed E-state index contributed by atoms with van der Waals surface area (Å²) in [6, 6.07) is 7.34. The number of carbonyl (C=O) groups excluding carboxylic acids is 2. The molecular weight excluding hydrogens is 282 g/mol. The number of anilines is 1. The summed E-state index contributed by atoms with van der Waals surface area (Å²) in [6.45, 7) is 2.64. The lowest BCUT2D eigenvalue weighted by atomic mass is 10.0. The van der Waals surface area contributed by atoms with E-state index >= 15 is 0 Å². The minimum atomic E-state index is -0.422. The van der Waals surface area contributed by atoms with Crippen molar-refractivity contribution >= 4 is 23.4 Å². The maximum atomic E-state index is 11.7. The molecule has 2 unspecified atom stereocenters. The van der Waals surface area contributed by atoms with Crippen molar-refractivity contribution in [3.05, 3.63) is 29.8 Å². The highest BCUT2D eigenvalue weighted by molar-refractivity contribution is 6.04. The van der Waals surface area contributed by atoms with E-state index in [1.54, 1.807) is 12.1 Å². The van der Waals surface area contributed by atoms with Gasteiger partial charge >= 0.3 is 6.09 Å². The minimum Gasteiger partial charge on any atom is -0.449 e. The van der Waals surface area contributed by atoms with Crippen LogP contribution in [0.2, 0.25) is 0 Å². The zero-order valence-electron chi connectivity index (χ0n) is 12.5. The smallest absolute Gasteiger partial charge is 0.411 e. The third-order valence-corrected chi connectivity index (χ3v) is 4.07. The van der Waals surface area contributed by atoms with Crippen molar-refractivity contribution in [3.63, 3.8) is 0 Å². The van der Waals surface area contributed by atoms with Crippen molar-refractivity contribution in [1.82, 2.24) is 5.43 Å². The van der Waals surface area contributed by atoms with Gasteiger partial charge in [-0.05, 0) is 36.0 Å². The molecule has 1 aromatic rings. The first-order valence-electron chi connectivity index (χ1n) is 7.51. The molecule has 1 saturated carbocycles. The van der Waals surface area contributed by atoms with E-state index in [-0.39, 0.29) is 5.91 Å². The van der Waals surface area contributed by atoms with Crippen LogP contribution in [0.15, 0.2) is 29.4 Å². The Labute approximate surface area is 128 Å². The van der Waals surface area contributed by atoms with Crippen molar-refractivity contribution in [2.24, 2.45) is 16.9 Å². The number of hydrogen-bond donors (Lipinski definition) is 2. The number of hydrogen-bond acceptors (Lipinski definition) is 4. The minimum absolute atomic E-state index is 0.0604. The van der Waals surface area contributed by atoms with Crippen molar-refractivity contribution in [2.45, 2.75) is 26.2 Å². The van der Waals surface area contributed by atoms with Crippen LogP contribution in [0.1, 0.15) is 31.7 Å². The number of hydrazone groups is 1. The number of nitrogens with one attached hydrogen (secondary N) is 2. The Bertz CT molecular complexity index is 610. The highest BCUT2D eigenvalue weighted by Crippen LogP contribution is 2.37. The quantitative estimate of drug-likeness (QED) is 0.896. The molecule has 1 aliphatic heterocycles. The van der Waals surface area contributed by atoms with Gasteiger partial charge in [0.2, 0.25) is 5.91 Å². The van der Waals surface area contributed by atoms with Gasteiger partial charge in [0.15, 0.2) is 0 Å². The molecule has 0 spiro atoms. The molecule has 3 rings (SSSR count). The standard InChI is InChI=1S/C16H19N3O3/c1-10-8-12(10)9-22-16(21)17-13-4-2-11(3-5-13)14-6-7-15(20)19-18-14/h2-5,10,12H,6-9H2,1H3,(H,17,21)(H,19,20). The lowest BCUT2D eigenvalue weighted by Gasteiger charge is -2.12. The van der Waals surface area contributed by atoms with Crippen LogP contribution in [0.5, 0.6) is 0 Å². The summed E-state index contributed by atoms with van der Waals surface area (Å²) in [6.07, 6.45) is 1.79. The van der Waals surface area contributed by atoms with E-state index in [1.807, 2.05) is 12.1 Å². The summed E-state index contributed by atoms with van der Waals surface area (Å²) in [4.78, 5) is 22.7. The van der Waals surface area contributed by atoms with Crippen LogP contribution in [0.3, 0.4) is 0 Å². The summed E-state index contributed by atoms with van der Waals surface area (Å²) in [5, 5.41) is 6.75. The highest BCUT2D eigenvalue weighted by Gasteiger charge is 2.33. The number of benzene rings is 1. The van der Waals surface area contributed by atoms with Gasteiger partial charge in [-0.1, -0.05) is 19.1 Å². The second-order valence-corrected chi connectivity index (χ2v) is 5.87. The molecule has 0 aromatic heterocycles. The number of carbonyl (C=O) groups is 2. The predicted molar refractivity (Wildman–Crippen MR) is 82.6 cm³/mol. The fraction of sp³-hybridized carbons (Fsp3) is 0.438. The molecular formula is C16H19N3O3. The Balaban J connectivity index is 1.52. The molecule has 1 aliphatic carbocycles. The van der Waals surface area contributed by atoms with Crippen molar-refractivity contribution in [2.75, 3.05) is 11.9 Å². The Morgan fingerprint density at radius 3 is 2.68 bits per heavy atom. The first kappa shape index (κ1) is 14.6. The Kier molecular flexibility index (Phi) is 4.09. The van der Waals surface area contributed by atoms with E-state index < -0.39 is 6.09 Å². The van der Waals surface area contributed by atoms with Crippen LogP contribution in [-0.2, 0) is 9.53 Å². The Morgan fingerprint density at radius 2 is 2.09 bits per heavy atom. The maximum absolute atomic E-state index is 11.7. The Hall–Kier alpha value is -2.37. The fourth-order valence-electron chi connectivity index (χ4n) is 2.40. The first-order valence-corrected chi connectivity index (χ1v) is 7.51. The second kappa shape index (κ2) is 6.17. The van der Waals surface area contributed by atoms with E-state index in [0.717, 1.165) is 17.7 Å². The Morgan fingerprint density at radius 1 is 1.36 bits per heavy atom. The molecule has 1 fully saturated rings. The van der Waals surface area contributed by atoms with Crippen molar-refractivity contribution in [1.29, 1.82) is 0 Å². The monoisotopic (exact) mass is 301 g/mol. The molecule has 6 nitrogen and oxygen atoms in total. The lowest BCUT2D eigenvalue weighted by molar-refractivity contribution is -0.121. The molecule has 1 heterocycles. The summed E-state index contributed by atoms with van der Waals surface area (Å²) < 4.78 is 5.18. The van der Waals surface area contributed by atoms with Gasteiger partial charge in [0, 0.05) is 18.5 Å². The summed E-state index contributed by atoms with van der Waals surface area (Å²) in [7, 11) is 0. The van der Waals surface area contributed by atoms with Crippen molar-refractivity contribution in [3.8, 4) is 0 Å². The van der Waals surface area contributed by atoms with Gasteiger partial charge in [-0.3, -0.25) is 10.1 Å². The average molecular weight is 301 g/mol. The van der Waals surface area contributed by atoms with Crippen LogP contribution in [0.25, 0.3) is 0 Å². The third-order valence-electron chi connectivity index (χ3n) is 4.07. The number of ether oxygens (including phenoxy) is 1. The SMILES string of the molecule is CC1CC1COC(=O)Nc1ccc(C2=NNC(=O)CC2)cc1. The molecule has 2 atom stereocenters. The van der Waals surface area contributed by atoms with Gasteiger partial charge in [0.05, 0.1) is 12.3 Å². The average Bonchev–Trinajstić information content (AvgIpc) is 3.23. The molecule has 116 valence electrons. The molecule has 22 heavy (non-hydrogen) atoms. The van der Waals surface area contributed by atoms with E-state index in [9.17, 15) is 9.59 Å². The van der Waals surface area contributed by atoms with Gasteiger partial charge in [0.25, 0.3) is 0 Å². The molecule has 0 radical (unpaired) electrons. The highest BCUT2D eigenvalue weighted by atomic mass is 16.5. The first-order chi connectivity index (χ1) is 10.6. The summed E-state index contributed by atoms with van der Waals surface area (Å²) >= 11 is 0. The normalized spacial score (nSPS) is 23.3. The summed E-state index contributed by atoms with van der Waals surface area (Å²) in [5.41, 5.74) is 4.93. The molecule has 6 heteroatoms. The van der Waals surface area contributed by atoms with Crippen molar-refractivity contribution < 1.29 is 14.3 Å². The molecule has 0 bridgehead atoms.